The third-order valence-corrected chi connectivity index (χ3v) is 4.71. The minimum Gasteiger partial charge on any atom is -0.495 e. The number of anilines is 1. The van der Waals surface area contributed by atoms with Crippen LogP contribution in [0.15, 0.2) is 24.3 Å². The minimum absolute atomic E-state index is 0.0935. The molecule has 0 aromatic heterocycles. The van der Waals surface area contributed by atoms with Crippen LogP contribution in [0.4, 0.5) is 5.69 Å². The SMILES string of the molecule is COc1ccccc1N1C(=O)C[C@H]([NH+]2CC[NH+](C)CC2)C1=O. The van der Waals surface area contributed by atoms with E-state index in [9.17, 15) is 9.59 Å². The molecule has 2 aliphatic heterocycles. The van der Waals surface area contributed by atoms with Crippen LogP contribution in [-0.2, 0) is 9.59 Å². The number of piperazine rings is 1. The summed E-state index contributed by atoms with van der Waals surface area (Å²) in [4.78, 5) is 29.2. The molecule has 2 N–H and O–H groups in total. The van der Waals surface area contributed by atoms with E-state index in [1.165, 1.54) is 14.7 Å². The Balaban J connectivity index is 1.82. The van der Waals surface area contributed by atoms with Gasteiger partial charge < -0.3 is 14.5 Å². The molecule has 6 heteroatoms. The molecule has 2 heterocycles. The number of nitrogens with one attached hydrogen (secondary N) is 2. The average molecular weight is 305 g/mol. The van der Waals surface area contributed by atoms with Crippen LogP contribution >= 0.6 is 0 Å². The highest BCUT2D eigenvalue weighted by Gasteiger charge is 2.47. The molecule has 22 heavy (non-hydrogen) atoms. The van der Waals surface area contributed by atoms with Crippen molar-refractivity contribution in [3.05, 3.63) is 24.3 Å². The van der Waals surface area contributed by atoms with E-state index in [0.29, 0.717) is 17.9 Å². The molecule has 2 aliphatic rings. The average Bonchev–Trinajstić information content (AvgIpc) is 2.83. The third kappa shape index (κ3) is 2.60. The van der Waals surface area contributed by atoms with Crippen molar-refractivity contribution >= 4 is 17.5 Å². The molecule has 2 saturated heterocycles. The number of hydrogen-bond donors (Lipinski definition) is 2. The standard InChI is InChI=1S/C16H21N3O3/c1-17-7-9-18(10-8-17)13-11-15(20)19(16(13)21)12-5-3-4-6-14(12)22-2/h3-6,13H,7-11H2,1-2H3/p+2/t13-/m0/s1. The highest BCUT2D eigenvalue weighted by molar-refractivity contribution is 6.22. The first kappa shape index (κ1) is 15.0. The number of amides is 2. The first-order valence-electron chi connectivity index (χ1n) is 7.77. The van der Waals surface area contributed by atoms with Gasteiger partial charge in [0.15, 0.2) is 6.04 Å². The van der Waals surface area contributed by atoms with Crippen LogP contribution in [0.1, 0.15) is 6.42 Å². The molecule has 0 aliphatic carbocycles. The second-order valence-corrected chi connectivity index (χ2v) is 6.11. The summed E-state index contributed by atoms with van der Waals surface area (Å²) in [6.07, 6.45) is 0.297. The third-order valence-electron chi connectivity index (χ3n) is 4.71. The Kier molecular flexibility index (Phi) is 4.13. The summed E-state index contributed by atoms with van der Waals surface area (Å²) < 4.78 is 5.29. The Bertz CT molecular complexity index is 582. The second kappa shape index (κ2) is 6.06. The molecular formula is C16H23N3O3+2. The summed E-state index contributed by atoms with van der Waals surface area (Å²) in [5, 5.41) is 0. The van der Waals surface area contributed by atoms with Gasteiger partial charge >= 0.3 is 0 Å². The lowest BCUT2D eigenvalue weighted by Gasteiger charge is -2.30. The molecular weight excluding hydrogens is 282 g/mol. The van der Waals surface area contributed by atoms with Gasteiger partial charge in [-0.25, -0.2) is 4.90 Å². The molecule has 3 rings (SSSR count). The molecule has 1 aromatic rings. The van der Waals surface area contributed by atoms with Gasteiger partial charge in [0, 0.05) is 0 Å². The van der Waals surface area contributed by atoms with E-state index in [0.717, 1.165) is 26.2 Å². The zero-order chi connectivity index (χ0) is 15.7. The van der Waals surface area contributed by atoms with Gasteiger partial charge in [-0.1, -0.05) is 12.1 Å². The normalized spacial score (nSPS) is 29.0. The number of para-hydroxylation sites is 2. The smallest absolute Gasteiger partial charge is 0.292 e. The van der Waals surface area contributed by atoms with Crippen molar-refractivity contribution in [2.24, 2.45) is 0 Å². The molecule has 0 unspecified atom stereocenters. The number of nitrogens with zero attached hydrogens (tertiary/aromatic N) is 1. The van der Waals surface area contributed by atoms with E-state index in [1.807, 2.05) is 12.1 Å². The van der Waals surface area contributed by atoms with Gasteiger partial charge in [0.2, 0.25) is 5.91 Å². The number of benzene rings is 1. The highest BCUT2D eigenvalue weighted by atomic mass is 16.5. The molecule has 6 nitrogen and oxygen atoms in total. The van der Waals surface area contributed by atoms with E-state index in [1.54, 1.807) is 19.2 Å². The lowest BCUT2D eigenvalue weighted by molar-refractivity contribution is -1.01. The van der Waals surface area contributed by atoms with Gasteiger partial charge in [0.1, 0.15) is 31.9 Å². The number of carbonyl (C=O) groups is 2. The van der Waals surface area contributed by atoms with Crippen molar-refractivity contribution in [3.8, 4) is 5.75 Å². The number of rotatable bonds is 3. The summed E-state index contributed by atoms with van der Waals surface area (Å²) >= 11 is 0. The molecule has 0 bridgehead atoms. The predicted octanol–water partition coefficient (Wildman–Crippen LogP) is -2.26. The topological polar surface area (TPSA) is 55.5 Å². The van der Waals surface area contributed by atoms with Crippen LogP contribution in [0.5, 0.6) is 5.75 Å². The Morgan fingerprint density at radius 1 is 1.14 bits per heavy atom. The molecule has 118 valence electrons. The van der Waals surface area contributed by atoms with Gasteiger partial charge in [0.25, 0.3) is 5.91 Å². The lowest BCUT2D eigenvalue weighted by atomic mass is 10.2. The number of hydrogen-bond acceptors (Lipinski definition) is 3. The largest absolute Gasteiger partial charge is 0.495 e. The van der Waals surface area contributed by atoms with Crippen molar-refractivity contribution in [2.75, 3.05) is 45.2 Å². The van der Waals surface area contributed by atoms with E-state index in [4.69, 9.17) is 4.74 Å². The van der Waals surface area contributed by atoms with E-state index >= 15 is 0 Å². The number of ether oxygens (including phenoxy) is 1. The van der Waals surface area contributed by atoms with Gasteiger partial charge in [-0.05, 0) is 12.1 Å². The van der Waals surface area contributed by atoms with Crippen LogP contribution in [-0.4, -0.2) is 58.2 Å². The number of likely N-dealkylation sites (N-methyl/N-ethyl adjacent to an activating group) is 1. The van der Waals surface area contributed by atoms with Crippen LogP contribution in [0, 0.1) is 0 Å². The Morgan fingerprint density at radius 2 is 1.82 bits per heavy atom. The first-order valence-corrected chi connectivity index (χ1v) is 7.77. The monoisotopic (exact) mass is 305 g/mol. The minimum atomic E-state index is -0.245. The van der Waals surface area contributed by atoms with Gasteiger partial charge in [0.05, 0.1) is 26.3 Å². The maximum atomic E-state index is 12.8. The van der Waals surface area contributed by atoms with Gasteiger partial charge in [-0.2, -0.15) is 0 Å². The van der Waals surface area contributed by atoms with Crippen LogP contribution in [0.25, 0.3) is 0 Å². The van der Waals surface area contributed by atoms with E-state index in [-0.39, 0.29) is 17.9 Å². The summed E-state index contributed by atoms with van der Waals surface area (Å²) in [6.45, 7) is 3.97. The molecule has 2 fully saturated rings. The second-order valence-electron chi connectivity index (χ2n) is 6.11. The van der Waals surface area contributed by atoms with Gasteiger partial charge in [-0.3, -0.25) is 9.59 Å². The number of methoxy groups -OCH3 is 1. The number of imide groups is 1. The molecule has 1 aromatic carbocycles. The van der Waals surface area contributed by atoms with Crippen molar-refractivity contribution in [1.82, 2.24) is 0 Å². The quantitative estimate of drug-likeness (QED) is 0.620. The Hall–Kier alpha value is -1.92. The Morgan fingerprint density at radius 3 is 2.50 bits per heavy atom. The van der Waals surface area contributed by atoms with Crippen molar-refractivity contribution in [1.29, 1.82) is 0 Å². The maximum absolute atomic E-state index is 12.8. The fourth-order valence-corrected chi connectivity index (χ4v) is 3.36. The van der Waals surface area contributed by atoms with E-state index < -0.39 is 0 Å². The lowest BCUT2D eigenvalue weighted by Crippen LogP contribution is -3.29. The predicted molar refractivity (Wildman–Crippen MR) is 81.2 cm³/mol. The molecule has 2 amide bonds. The zero-order valence-corrected chi connectivity index (χ0v) is 13.1. The molecule has 1 atom stereocenters. The fourth-order valence-electron chi connectivity index (χ4n) is 3.36. The van der Waals surface area contributed by atoms with Gasteiger partial charge in [-0.15, -0.1) is 0 Å². The zero-order valence-electron chi connectivity index (χ0n) is 13.1. The van der Waals surface area contributed by atoms with Crippen LogP contribution in [0.3, 0.4) is 0 Å². The highest BCUT2D eigenvalue weighted by Crippen LogP contribution is 2.31. The molecule has 0 spiro atoms. The number of carbonyl (C=O) groups excluding carboxylic acids is 2. The maximum Gasteiger partial charge on any atom is 0.292 e. The molecule has 0 saturated carbocycles. The van der Waals surface area contributed by atoms with Crippen molar-refractivity contribution < 1.29 is 24.1 Å². The summed E-state index contributed by atoms with van der Waals surface area (Å²) in [6, 6.07) is 6.94. The first-order chi connectivity index (χ1) is 10.6. The number of quaternary nitrogens is 2. The van der Waals surface area contributed by atoms with Crippen molar-refractivity contribution in [3.63, 3.8) is 0 Å². The summed E-state index contributed by atoms with van der Waals surface area (Å²) in [5.74, 6) is 0.338. The summed E-state index contributed by atoms with van der Waals surface area (Å²) in [7, 11) is 3.72. The fraction of sp³-hybridized carbons (Fsp3) is 0.500. The van der Waals surface area contributed by atoms with E-state index in [2.05, 4.69) is 7.05 Å². The van der Waals surface area contributed by atoms with Crippen LogP contribution < -0.4 is 19.4 Å². The summed E-state index contributed by atoms with van der Waals surface area (Å²) in [5.41, 5.74) is 0.557. The van der Waals surface area contributed by atoms with Crippen LogP contribution in [0.2, 0.25) is 0 Å². The Labute approximate surface area is 130 Å². The van der Waals surface area contributed by atoms with Crippen molar-refractivity contribution in [2.45, 2.75) is 12.5 Å². The molecule has 0 radical (unpaired) electrons.